The second kappa shape index (κ2) is 6.11. The Hall–Kier alpha value is -2.20. The SMILES string of the molecule is NC(=O)/C=C\c1ccc(COc2ccccc2Cl)o1. The van der Waals surface area contributed by atoms with Crippen LogP contribution in [0, 0.1) is 0 Å². The zero-order valence-corrected chi connectivity index (χ0v) is 10.8. The molecule has 1 aromatic carbocycles. The summed E-state index contributed by atoms with van der Waals surface area (Å²) in [7, 11) is 0. The summed E-state index contributed by atoms with van der Waals surface area (Å²) in [5, 5.41) is 0.544. The number of rotatable bonds is 5. The van der Waals surface area contributed by atoms with Crippen LogP contribution in [0.15, 0.2) is 46.9 Å². The average Bonchev–Trinajstić information content (AvgIpc) is 2.83. The molecule has 2 rings (SSSR count). The number of carbonyl (C=O) groups excluding carboxylic acids is 1. The highest BCUT2D eigenvalue weighted by atomic mass is 35.5. The maximum Gasteiger partial charge on any atom is 0.241 e. The summed E-state index contributed by atoms with van der Waals surface area (Å²) in [6.45, 7) is 0.258. The van der Waals surface area contributed by atoms with E-state index in [0.29, 0.717) is 22.3 Å². The van der Waals surface area contributed by atoms with Crippen LogP contribution < -0.4 is 10.5 Å². The molecule has 19 heavy (non-hydrogen) atoms. The van der Waals surface area contributed by atoms with Gasteiger partial charge in [-0.2, -0.15) is 0 Å². The van der Waals surface area contributed by atoms with Crippen molar-refractivity contribution in [1.82, 2.24) is 0 Å². The number of halogens is 1. The van der Waals surface area contributed by atoms with Gasteiger partial charge in [-0.3, -0.25) is 4.79 Å². The summed E-state index contributed by atoms with van der Waals surface area (Å²) in [6.07, 6.45) is 2.73. The van der Waals surface area contributed by atoms with E-state index >= 15 is 0 Å². The smallest absolute Gasteiger partial charge is 0.241 e. The van der Waals surface area contributed by atoms with E-state index < -0.39 is 5.91 Å². The van der Waals surface area contributed by atoms with Crippen LogP contribution >= 0.6 is 11.6 Å². The second-order valence-electron chi connectivity index (χ2n) is 3.76. The Labute approximate surface area is 115 Å². The van der Waals surface area contributed by atoms with Gasteiger partial charge in [0, 0.05) is 6.08 Å². The number of benzene rings is 1. The quantitative estimate of drug-likeness (QED) is 0.855. The van der Waals surface area contributed by atoms with Gasteiger partial charge in [0.2, 0.25) is 5.91 Å². The van der Waals surface area contributed by atoms with E-state index in [1.54, 1.807) is 24.3 Å². The van der Waals surface area contributed by atoms with Crippen molar-refractivity contribution in [2.75, 3.05) is 0 Å². The molecule has 0 fully saturated rings. The van der Waals surface area contributed by atoms with E-state index in [1.807, 2.05) is 12.1 Å². The summed E-state index contributed by atoms with van der Waals surface area (Å²) in [6, 6.07) is 10.7. The van der Waals surface area contributed by atoms with Gasteiger partial charge in [-0.25, -0.2) is 0 Å². The molecule has 0 spiro atoms. The fourth-order valence-corrected chi connectivity index (χ4v) is 1.63. The number of primary amides is 1. The zero-order valence-electron chi connectivity index (χ0n) is 10.0. The maximum atomic E-state index is 10.6. The Morgan fingerprint density at radius 2 is 2.11 bits per heavy atom. The molecule has 0 aliphatic rings. The Bertz CT molecular complexity index is 604. The highest BCUT2D eigenvalue weighted by molar-refractivity contribution is 6.32. The molecule has 0 radical (unpaired) electrons. The molecular weight excluding hydrogens is 266 g/mol. The van der Waals surface area contributed by atoms with Crippen LogP contribution in [0.4, 0.5) is 0 Å². The Kier molecular flexibility index (Phi) is 4.26. The lowest BCUT2D eigenvalue weighted by Crippen LogP contribution is -2.04. The first kappa shape index (κ1) is 13.2. The maximum absolute atomic E-state index is 10.6. The van der Waals surface area contributed by atoms with Gasteiger partial charge in [0.15, 0.2) is 0 Å². The highest BCUT2D eigenvalue weighted by Crippen LogP contribution is 2.24. The van der Waals surface area contributed by atoms with Crippen molar-refractivity contribution in [3.63, 3.8) is 0 Å². The largest absolute Gasteiger partial charge is 0.484 e. The summed E-state index contributed by atoms with van der Waals surface area (Å²) in [4.78, 5) is 10.6. The lowest BCUT2D eigenvalue weighted by atomic mass is 10.3. The molecule has 1 aromatic heterocycles. The van der Waals surface area contributed by atoms with Crippen molar-refractivity contribution >= 4 is 23.6 Å². The minimum Gasteiger partial charge on any atom is -0.484 e. The highest BCUT2D eigenvalue weighted by Gasteiger charge is 2.03. The van der Waals surface area contributed by atoms with Gasteiger partial charge in [-0.15, -0.1) is 0 Å². The Balaban J connectivity index is 1.97. The van der Waals surface area contributed by atoms with E-state index in [0.717, 1.165) is 0 Å². The van der Waals surface area contributed by atoms with Crippen molar-refractivity contribution < 1.29 is 13.9 Å². The lowest BCUT2D eigenvalue weighted by Gasteiger charge is -2.05. The van der Waals surface area contributed by atoms with E-state index in [2.05, 4.69) is 0 Å². The van der Waals surface area contributed by atoms with Crippen LogP contribution in [0.3, 0.4) is 0 Å². The molecule has 0 unspecified atom stereocenters. The van der Waals surface area contributed by atoms with Crippen LogP contribution in [0.5, 0.6) is 5.75 Å². The van der Waals surface area contributed by atoms with Crippen LogP contribution in [0.25, 0.3) is 6.08 Å². The number of hydrogen-bond donors (Lipinski definition) is 1. The summed E-state index contributed by atoms with van der Waals surface area (Å²) in [5.74, 6) is 1.24. The molecule has 5 heteroatoms. The number of amides is 1. The lowest BCUT2D eigenvalue weighted by molar-refractivity contribution is -0.113. The molecule has 0 aliphatic heterocycles. The number of para-hydroxylation sites is 1. The molecule has 0 atom stereocenters. The van der Waals surface area contributed by atoms with Crippen molar-refractivity contribution in [2.24, 2.45) is 5.73 Å². The minimum absolute atomic E-state index is 0.258. The number of carbonyl (C=O) groups is 1. The van der Waals surface area contributed by atoms with Crippen molar-refractivity contribution in [1.29, 1.82) is 0 Å². The first-order chi connectivity index (χ1) is 9.15. The van der Waals surface area contributed by atoms with Crippen molar-refractivity contribution in [3.05, 3.63) is 59.0 Å². The number of ether oxygens (including phenoxy) is 1. The summed E-state index contributed by atoms with van der Waals surface area (Å²) in [5.41, 5.74) is 4.99. The molecule has 0 saturated heterocycles. The van der Waals surface area contributed by atoms with Crippen LogP contribution in [-0.2, 0) is 11.4 Å². The molecule has 0 bridgehead atoms. The first-order valence-electron chi connectivity index (χ1n) is 5.59. The number of furan rings is 1. The number of nitrogens with two attached hydrogens (primary N) is 1. The monoisotopic (exact) mass is 277 g/mol. The summed E-state index contributed by atoms with van der Waals surface area (Å²) >= 11 is 5.96. The predicted octanol–water partition coefficient (Wildman–Crippen LogP) is 3.01. The van der Waals surface area contributed by atoms with Crippen LogP contribution in [0.2, 0.25) is 5.02 Å². The van der Waals surface area contributed by atoms with Gasteiger partial charge < -0.3 is 14.9 Å². The fraction of sp³-hybridized carbons (Fsp3) is 0.0714. The van der Waals surface area contributed by atoms with Crippen LogP contribution in [-0.4, -0.2) is 5.91 Å². The van der Waals surface area contributed by atoms with E-state index in [-0.39, 0.29) is 6.61 Å². The molecule has 1 heterocycles. The van der Waals surface area contributed by atoms with Gasteiger partial charge in [0.25, 0.3) is 0 Å². The molecule has 0 saturated carbocycles. The van der Waals surface area contributed by atoms with Gasteiger partial charge in [-0.1, -0.05) is 23.7 Å². The molecule has 2 N–H and O–H groups in total. The third kappa shape index (κ3) is 3.89. The predicted molar refractivity (Wildman–Crippen MR) is 72.7 cm³/mol. The molecule has 1 amide bonds. The third-order valence-corrected chi connectivity index (χ3v) is 2.61. The standard InChI is InChI=1S/C14H12ClNO3/c15-12-3-1-2-4-13(12)18-9-11-6-5-10(19-11)7-8-14(16)17/h1-8H,9H2,(H2,16,17)/b8-7-. The van der Waals surface area contributed by atoms with Crippen molar-refractivity contribution in [2.45, 2.75) is 6.61 Å². The topological polar surface area (TPSA) is 65.5 Å². The molecule has 98 valence electrons. The fourth-order valence-electron chi connectivity index (χ4n) is 1.44. The molecular formula is C14H12ClNO3. The van der Waals surface area contributed by atoms with Gasteiger partial charge in [0.1, 0.15) is 23.9 Å². The van der Waals surface area contributed by atoms with E-state index in [1.165, 1.54) is 12.2 Å². The van der Waals surface area contributed by atoms with Gasteiger partial charge >= 0.3 is 0 Å². The molecule has 2 aromatic rings. The van der Waals surface area contributed by atoms with E-state index in [9.17, 15) is 4.79 Å². The number of hydrogen-bond acceptors (Lipinski definition) is 3. The van der Waals surface area contributed by atoms with E-state index in [4.69, 9.17) is 26.5 Å². The summed E-state index contributed by atoms with van der Waals surface area (Å²) < 4.78 is 11.0. The van der Waals surface area contributed by atoms with Gasteiger partial charge in [-0.05, 0) is 30.3 Å². The average molecular weight is 278 g/mol. The second-order valence-corrected chi connectivity index (χ2v) is 4.17. The Morgan fingerprint density at radius 1 is 1.32 bits per heavy atom. The van der Waals surface area contributed by atoms with Crippen LogP contribution in [0.1, 0.15) is 11.5 Å². The molecule has 0 aliphatic carbocycles. The molecule has 4 nitrogen and oxygen atoms in total. The normalized spacial score (nSPS) is 10.8. The zero-order chi connectivity index (χ0) is 13.7. The van der Waals surface area contributed by atoms with Gasteiger partial charge in [0.05, 0.1) is 5.02 Å². The third-order valence-electron chi connectivity index (χ3n) is 2.30. The minimum atomic E-state index is -0.523. The Morgan fingerprint density at radius 3 is 2.84 bits per heavy atom. The van der Waals surface area contributed by atoms with Crippen molar-refractivity contribution in [3.8, 4) is 5.75 Å². The first-order valence-corrected chi connectivity index (χ1v) is 5.96.